The van der Waals surface area contributed by atoms with Crippen molar-refractivity contribution >= 4 is 15.7 Å². The second-order valence-corrected chi connectivity index (χ2v) is 5.69. The van der Waals surface area contributed by atoms with Gasteiger partial charge in [0.25, 0.3) is 0 Å². The summed E-state index contributed by atoms with van der Waals surface area (Å²) in [6.07, 6.45) is 0. The highest BCUT2D eigenvalue weighted by Crippen LogP contribution is 2.28. The second kappa shape index (κ2) is 5.37. The number of rotatable bonds is 5. The van der Waals surface area contributed by atoms with E-state index in [-0.39, 0.29) is 12.3 Å². The average molecular weight is 258 g/mol. The first kappa shape index (κ1) is 13.8. The third-order valence-corrected chi connectivity index (χ3v) is 3.77. The number of methoxy groups -OCH3 is 1. The average Bonchev–Trinajstić information content (AvgIpc) is 2.22. The molecule has 1 aromatic carbocycles. The quantitative estimate of drug-likeness (QED) is 0.826. The SMILES string of the molecule is COc1cc(C)c(C)cc1NS(=O)(=O)CCN. The number of nitrogens with one attached hydrogen (secondary N) is 1. The molecular formula is C11H18N2O3S. The van der Waals surface area contributed by atoms with Gasteiger partial charge < -0.3 is 10.5 Å². The third-order valence-electron chi connectivity index (χ3n) is 2.47. The fourth-order valence-corrected chi connectivity index (χ4v) is 2.32. The fourth-order valence-electron chi connectivity index (χ4n) is 1.41. The first-order valence-corrected chi connectivity index (χ1v) is 6.90. The normalized spacial score (nSPS) is 11.3. The first-order chi connectivity index (χ1) is 7.89. The molecule has 6 heteroatoms. The lowest BCUT2D eigenvalue weighted by Gasteiger charge is -2.13. The number of sulfonamides is 1. The van der Waals surface area contributed by atoms with Crippen LogP contribution in [0.3, 0.4) is 0 Å². The molecule has 0 radical (unpaired) electrons. The molecule has 5 nitrogen and oxygen atoms in total. The maximum absolute atomic E-state index is 11.6. The first-order valence-electron chi connectivity index (χ1n) is 5.25. The highest BCUT2D eigenvalue weighted by Gasteiger charge is 2.13. The Balaban J connectivity index is 3.10. The van der Waals surface area contributed by atoms with Crippen molar-refractivity contribution in [3.8, 4) is 5.75 Å². The lowest BCUT2D eigenvalue weighted by atomic mass is 10.1. The Morgan fingerprint density at radius 3 is 2.41 bits per heavy atom. The number of hydrogen-bond acceptors (Lipinski definition) is 4. The van der Waals surface area contributed by atoms with Gasteiger partial charge in [-0.3, -0.25) is 4.72 Å². The highest BCUT2D eigenvalue weighted by atomic mass is 32.2. The van der Waals surface area contributed by atoms with Crippen molar-refractivity contribution in [3.63, 3.8) is 0 Å². The van der Waals surface area contributed by atoms with Crippen LogP contribution in [0.25, 0.3) is 0 Å². The van der Waals surface area contributed by atoms with Crippen LogP contribution >= 0.6 is 0 Å². The largest absolute Gasteiger partial charge is 0.495 e. The van der Waals surface area contributed by atoms with Gasteiger partial charge in [0.1, 0.15) is 5.75 Å². The van der Waals surface area contributed by atoms with E-state index in [9.17, 15) is 8.42 Å². The zero-order valence-corrected chi connectivity index (χ0v) is 11.1. The minimum atomic E-state index is -3.40. The van der Waals surface area contributed by atoms with Crippen LogP contribution in [0.4, 0.5) is 5.69 Å². The molecule has 0 heterocycles. The van der Waals surface area contributed by atoms with Crippen LogP contribution in [0, 0.1) is 13.8 Å². The van der Waals surface area contributed by atoms with E-state index in [1.54, 1.807) is 12.1 Å². The molecule has 3 N–H and O–H groups in total. The van der Waals surface area contributed by atoms with Gasteiger partial charge in [-0.1, -0.05) is 0 Å². The van der Waals surface area contributed by atoms with Gasteiger partial charge in [0, 0.05) is 6.54 Å². The number of hydrogen-bond donors (Lipinski definition) is 2. The summed E-state index contributed by atoms with van der Waals surface area (Å²) >= 11 is 0. The van der Waals surface area contributed by atoms with Crippen LogP contribution in [0.2, 0.25) is 0 Å². The van der Waals surface area contributed by atoms with Crippen LogP contribution in [-0.4, -0.2) is 27.8 Å². The molecule has 1 aromatic rings. The Morgan fingerprint density at radius 1 is 1.29 bits per heavy atom. The van der Waals surface area contributed by atoms with E-state index in [4.69, 9.17) is 10.5 Å². The van der Waals surface area contributed by atoms with Gasteiger partial charge in [-0.25, -0.2) is 8.42 Å². The summed E-state index contributed by atoms with van der Waals surface area (Å²) in [5.41, 5.74) is 7.73. The molecule has 0 aliphatic heterocycles. The molecule has 0 unspecified atom stereocenters. The van der Waals surface area contributed by atoms with Crippen molar-refractivity contribution in [3.05, 3.63) is 23.3 Å². The van der Waals surface area contributed by atoms with E-state index in [1.165, 1.54) is 7.11 Å². The van der Waals surface area contributed by atoms with Gasteiger partial charge in [0.05, 0.1) is 18.6 Å². The predicted molar refractivity (Wildman–Crippen MR) is 68.9 cm³/mol. The monoisotopic (exact) mass is 258 g/mol. The zero-order chi connectivity index (χ0) is 13.1. The third kappa shape index (κ3) is 3.61. The molecule has 0 spiro atoms. The van der Waals surface area contributed by atoms with Crippen molar-refractivity contribution in [2.75, 3.05) is 24.1 Å². The predicted octanol–water partition coefficient (Wildman–Crippen LogP) is 1.01. The molecule has 96 valence electrons. The summed E-state index contributed by atoms with van der Waals surface area (Å²) in [5, 5.41) is 0. The summed E-state index contributed by atoms with van der Waals surface area (Å²) in [6.45, 7) is 3.94. The van der Waals surface area contributed by atoms with E-state index < -0.39 is 10.0 Å². The number of ether oxygens (including phenoxy) is 1. The highest BCUT2D eigenvalue weighted by molar-refractivity contribution is 7.92. The van der Waals surface area contributed by atoms with Crippen molar-refractivity contribution in [1.82, 2.24) is 0 Å². The fraction of sp³-hybridized carbons (Fsp3) is 0.455. The number of nitrogens with two attached hydrogens (primary N) is 1. The van der Waals surface area contributed by atoms with E-state index in [0.717, 1.165) is 11.1 Å². The van der Waals surface area contributed by atoms with Gasteiger partial charge in [-0.15, -0.1) is 0 Å². The van der Waals surface area contributed by atoms with Crippen LogP contribution in [0.15, 0.2) is 12.1 Å². The van der Waals surface area contributed by atoms with E-state index in [2.05, 4.69) is 4.72 Å². The molecule has 0 bridgehead atoms. The summed E-state index contributed by atoms with van der Waals surface area (Å²) in [4.78, 5) is 0. The van der Waals surface area contributed by atoms with Crippen molar-refractivity contribution in [2.24, 2.45) is 5.73 Å². The molecule has 0 amide bonds. The molecule has 17 heavy (non-hydrogen) atoms. The van der Waals surface area contributed by atoms with Gasteiger partial charge in [0.2, 0.25) is 10.0 Å². The van der Waals surface area contributed by atoms with Crippen molar-refractivity contribution < 1.29 is 13.2 Å². The summed E-state index contributed by atoms with van der Waals surface area (Å²) in [7, 11) is -1.90. The van der Waals surface area contributed by atoms with Gasteiger partial charge in [-0.2, -0.15) is 0 Å². The Morgan fingerprint density at radius 2 is 1.88 bits per heavy atom. The lowest BCUT2D eigenvalue weighted by molar-refractivity contribution is 0.416. The molecule has 0 saturated heterocycles. The summed E-state index contributed by atoms with van der Waals surface area (Å²) < 4.78 is 30.9. The molecule has 0 aliphatic carbocycles. The molecular weight excluding hydrogens is 240 g/mol. The Labute approximate surface area is 102 Å². The molecule has 0 saturated carbocycles. The lowest BCUT2D eigenvalue weighted by Crippen LogP contribution is -2.22. The Kier molecular flexibility index (Phi) is 4.36. The van der Waals surface area contributed by atoms with E-state index in [1.807, 2.05) is 13.8 Å². The standard InChI is InChI=1S/C11H18N2O3S/c1-8-6-10(11(16-3)7-9(8)2)13-17(14,15)5-4-12/h6-7,13H,4-5,12H2,1-3H3. The van der Waals surface area contributed by atoms with Crippen molar-refractivity contribution in [1.29, 1.82) is 0 Å². The molecule has 1 rings (SSSR count). The van der Waals surface area contributed by atoms with Crippen LogP contribution in [0.1, 0.15) is 11.1 Å². The molecule has 0 aromatic heterocycles. The van der Waals surface area contributed by atoms with Gasteiger partial charge >= 0.3 is 0 Å². The molecule has 0 atom stereocenters. The van der Waals surface area contributed by atoms with Crippen LogP contribution in [-0.2, 0) is 10.0 Å². The second-order valence-electron chi connectivity index (χ2n) is 3.85. The minimum Gasteiger partial charge on any atom is -0.495 e. The van der Waals surface area contributed by atoms with E-state index >= 15 is 0 Å². The number of aryl methyl sites for hydroxylation is 2. The van der Waals surface area contributed by atoms with Gasteiger partial charge in [0.15, 0.2) is 0 Å². The van der Waals surface area contributed by atoms with Gasteiger partial charge in [-0.05, 0) is 37.1 Å². The smallest absolute Gasteiger partial charge is 0.234 e. The summed E-state index contributed by atoms with van der Waals surface area (Å²) in [6, 6.07) is 3.55. The van der Waals surface area contributed by atoms with Crippen LogP contribution < -0.4 is 15.2 Å². The maximum atomic E-state index is 11.6. The number of anilines is 1. The topological polar surface area (TPSA) is 81.4 Å². The minimum absolute atomic E-state index is 0.0858. The molecule has 0 aliphatic rings. The molecule has 0 fully saturated rings. The van der Waals surface area contributed by atoms with Crippen molar-refractivity contribution in [2.45, 2.75) is 13.8 Å². The summed E-state index contributed by atoms with van der Waals surface area (Å²) in [5.74, 6) is 0.400. The van der Waals surface area contributed by atoms with Crippen LogP contribution in [0.5, 0.6) is 5.75 Å². The zero-order valence-electron chi connectivity index (χ0n) is 10.3. The Hall–Kier alpha value is -1.27. The van der Waals surface area contributed by atoms with E-state index in [0.29, 0.717) is 11.4 Å². The number of benzene rings is 1. The Bertz CT molecular complexity index is 498. The maximum Gasteiger partial charge on any atom is 0.234 e.